The van der Waals surface area contributed by atoms with Crippen molar-refractivity contribution < 1.29 is 13.9 Å². The molecule has 29 heavy (non-hydrogen) atoms. The number of thioether (sulfide) groups is 1. The number of benzene rings is 1. The van der Waals surface area contributed by atoms with Crippen molar-refractivity contribution in [1.29, 1.82) is 0 Å². The van der Waals surface area contributed by atoms with Crippen molar-refractivity contribution in [1.82, 2.24) is 14.9 Å². The molecular formula is C21H24FN3O3S. The number of halogens is 1. The zero-order valence-electron chi connectivity index (χ0n) is 16.2. The van der Waals surface area contributed by atoms with Gasteiger partial charge in [0.2, 0.25) is 5.91 Å². The third-order valence-corrected chi connectivity index (χ3v) is 6.37. The molecule has 1 unspecified atom stereocenters. The highest BCUT2D eigenvalue weighted by Gasteiger charge is 2.25. The van der Waals surface area contributed by atoms with E-state index in [9.17, 15) is 14.0 Å². The summed E-state index contributed by atoms with van der Waals surface area (Å²) in [6.07, 6.45) is 4.85. The maximum absolute atomic E-state index is 12.9. The molecule has 2 aliphatic rings. The number of nitrogens with one attached hydrogen (secondary N) is 1. The van der Waals surface area contributed by atoms with Gasteiger partial charge in [0.05, 0.1) is 18.4 Å². The highest BCUT2D eigenvalue weighted by atomic mass is 32.2. The smallest absolute Gasteiger partial charge is 0.348 e. The number of carbonyl (C=O) groups excluding carboxylic acids is 1. The molecule has 6 nitrogen and oxygen atoms in total. The van der Waals surface area contributed by atoms with Crippen LogP contribution in [-0.2, 0) is 35.5 Å². The van der Waals surface area contributed by atoms with E-state index in [0.29, 0.717) is 18.1 Å². The van der Waals surface area contributed by atoms with Crippen LogP contribution >= 0.6 is 11.8 Å². The van der Waals surface area contributed by atoms with E-state index in [1.54, 1.807) is 16.7 Å². The standard InChI is InChI=1S/C21H24FN3O3S/c22-15-8-6-14(7-9-15)11-23-19(26)13-29-20-17-4-1-5-18(17)25(21(27)24-20)12-16-3-2-10-28-16/h6-9,16H,1-5,10-13H2,(H,23,26). The fourth-order valence-electron chi connectivity index (χ4n) is 3.87. The van der Waals surface area contributed by atoms with Crippen molar-refractivity contribution in [2.45, 2.75) is 56.3 Å². The average molecular weight is 418 g/mol. The van der Waals surface area contributed by atoms with Gasteiger partial charge in [-0.1, -0.05) is 23.9 Å². The molecule has 1 aromatic carbocycles. The summed E-state index contributed by atoms with van der Waals surface area (Å²) in [6, 6.07) is 6.03. The maximum atomic E-state index is 12.9. The fraction of sp³-hybridized carbons (Fsp3) is 0.476. The molecule has 1 fully saturated rings. The van der Waals surface area contributed by atoms with E-state index in [4.69, 9.17) is 4.74 Å². The number of hydrogen-bond donors (Lipinski definition) is 1. The number of amides is 1. The first-order chi connectivity index (χ1) is 14.1. The Balaban J connectivity index is 1.39. The molecular weight excluding hydrogens is 393 g/mol. The van der Waals surface area contributed by atoms with Crippen molar-refractivity contribution in [3.05, 3.63) is 57.4 Å². The third kappa shape index (κ3) is 4.87. The van der Waals surface area contributed by atoms with Crippen molar-refractivity contribution in [3.8, 4) is 0 Å². The average Bonchev–Trinajstić information content (AvgIpc) is 3.40. The van der Waals surface area contributed by atoms with Crippen LogP contribution in [0.1, 0.15) is 36.1 Å². The number of aromatic nitrogens is 2. The molecule has 1 atom stereocenters. The predicted octanol–water partition coefficient (Wildman–Crippen LogP) is 2.46. The summed E-state index contributed by atoms with van der Waals surface area (Å²) in [6.45, 7) is 1.67. The van der Waals surface area contributed by atoms with Gasteiger partial charge in [0, 0.05) is 24.4 Å². The summed E-state index contributed by atoms with van der Waals surface area (Å²) < 4.78 is 20.4. The summed E-state index contributed by atoms with van der Waals surface area (Å²) in [4.78, 5) is 29.1. The zero-order chi connectivity index (χ0) is 20.2. The van der Waals surface area contributed by atoms with Gasteiger partial charge in [0.25, 0.3) is 0 Å². The minimum atomic E-state index is -0.301. The summed E-state index contributed by atoms with van der Waals surface area (Å²) in [5, 5.41) is 3.49. The SMILES string of the molecule is O=C(CSc1nc(=O)n(CC2CCCO2)c2c1CCC2)NCc1ccc(F)cc1. The Labute approximate surface area is 172 Å². The van der Waals surface area contributed by atoms with E-state index in [2.05, 4.69) is 10.3 Å². The van der Waals surface area contributed by atoms with Gasteiger partial charge in [0.15, 0.2) is 0 Å². The number of nitrogens with zero attached hydrogens (tertiary/aromatic N) is 2. The predicted molar refractivity (Wildman–Crippen MR) is 108 cm³/mol. The molecule has 4 rings (SSSR count). The number of fused-ring (bicyclic) bond motifs is 1. The van der Waals surface area contributed by atoms with Crippen molar-refractivity contribution >= 4 is 17.7 Å². The molecule has 1 saturated heterocycles. The second-order valence-corrected chi connectivity index (χ2v) is 8.38. The highest BCUT2D eigenvalue weighted by molar-refractivity contribution is 7.99. The van der Waals surface area contributed by atoms with Crippen molar-refractivity contribution in [3.63, 3.8) is 0 Å². The van der Waals surface area contributed by atoms with Gasteiger partial charge < -0.3 is 10.1 Å². The molecule has 2 heterocycles. The van der Waals surface area contributed by atoms with Crippen LogP contribution in [0.15, 0.2) is 34.1 Å². The first-order valence-corrected chi connectivity index (χ1v) is 11.0. The van der Waals surface area contributed by atoms with Crippen LogP contribution < -0.4 is 11.0 Å². The van der Waals surface area contributed by atoms with Gasteiger partial charge >= 0.3 is 5.69 Å². The lowest BCUT2D eigenvalue weighted by Crippen LogP contribution is -2.32. The van der Waals surface area contributed by atoms with E-state index >= 15 is 0 Å². The Morgan fingerprint density at radius 2 is 2.10 bits per heavy atom. The molecule has 154 valence electrons. The van der Waals surface area contributed by atoms with E-state index in [-0.39, 0.29) is 29.3 Å². The summed E-state index contributed by atoms with van der Waals surface area (Å²) in [5.74, 6) is -0.253. The number of carbonyl (C=O) groups is 1. The lowest BCUT2D eigenvalue weighted by atomic mass is 10.2. The Hall–Kier alpha value is -2.19. The quantitative estimate of drug-likeness (QED) is 0.553. The molecule has 1 aromatic heterocycles. The summed E-state index contributed by atoms with van der Waals surface area (Å²) in [5.41, 5.74) is 2.73. The molecule has 1 amide bonds. The number of rotatable bonds is 7. The summed E-state index contributed by atoms with van der Waals surface area (Å²) in [7, 11) is 0. The van der Waals surface area contributed by atoms with Gasteiger partial charge in [-0.3, -0.25) is 9.36 Å². The van der Waals surface area contributed by atoms with Crippen molar-refractivity contribution in [2.24, 2.45) is 0 Å². The topological polar surface area (TPSA) is 73.2 Å². The van der Waals surface area contributed by atoms with Crippen LogP contribution in [0, 0.1) is 5.82 Å². The lowest BCUT2D eigenvalue weighted by molar-refractivity contribution is -0.118. The van der Waals surface area contributed by atoms with Crippen LogP contribution in [0.25, 0.3) is 0 Å². The van der Waals surface area contributed by atoms with Gasteiger partial charge in [-0.15, -0.1) is 0 Å². The monoisotopic (exact) mass is 417 g/mol. The molecule has 0 bridgehead atoms. The van der Waals surface area contributed by atoms with E-state index in [1.165, 1.54) is 23.9 Å². The zero-order valence-corrected chi connectivity index (χ0v) is 17.0. The molecule has 0 radical (unpaired) electrons. The second kappa shape index (κ2) is 9.09. The van der Waals surface area contributed by atoms with Gasteiger partial charge in [0.1, 0.15) is 10.8 Å². The maximum Gasteiger partial charge on any atom is 0.348 e. The van der Waals surface area contributed by atoms with Crippen LogP contribution in [0.2, 0.25) is 0 Å². The largest absolute Gasteiger partial charge is 0.376 e. The number of hydrogen-bond acceptors (Lipinski definition) is 5. The highest BCUT2D eigenvalue weighted by Crippen LogP contribution is 2.29. The number of ether oxygens (including phenoxy) is 1. The lowest BCUT2D eigenvalue weighted by Gasteiger charge is -2.17. The van der Waals surface area contributed by atoms with Gasteiger partial charge in [-0.05, 0) is 49.8 Å². The summed E-state index contributed by atoms with van der Waals surface area (Å²) >= 11 is 1.31. The minimum absolute atomic E-state index is 0.0925. The Morgan fingerprint density at radius 1 is 1.28 bits per heavy atom. The molecule has 2 aromatic rings. The Bertz CT molecular complexity index is 939. The molecule has 0 spiro atoms. The molecule has 1 N–H and O–H groups in total. The third-order valence-electron chi connectivity index (χ3n) is 5.35. The van der Waals surface area contributed by atoms with Gasteiger partial charge in [-0.2, -0.15) is 4.98 Å². The van der Waals surface area contributed by atoms with Crippen LogP contribution in [-0.4, -0.2) is 33.9 Å². The first-order valence-electron chi connectivity index (χ1n) is 9.98. The van der Waals surface area contributed by atoms with Crippen LogP contribution in [0.3, 0.4) is 0 Å². The fourth-order valence-corrected chi connectivity index (χ4v) is 4.78. The molecule has 8 heteroatoms. The Morgan fingerprint density at radius 3 is 2.86 bits per heavy atom. The second-order valence-electron chi connectivity index (χ2n) is 7.42. The van der Waals surface area contributed by atoms with Crippen LogP contribution in [0.4, 0.5) is 4.39 Å². The molecule has 1 aliphatic heterocycles. The molecule has 0 saturated carbocycles. The van der Waals surface area contributed by atoms with Crippen molar-refractivity contribution in [2.75, 3.05) is 12.4 Å². The van der Waals surface area contributed by atoms with E-state index in [0.717, 1.165) is 55.5 Å². The normalized spacial score (nSPS) is 18.0. The van der Waals surface area contributed by atoms with Gasteiger partial charge in [-0.25, -0.2) is 9.18 Å². The minimum Gasteiger partial charge on any atom is -0.376 e. The Kier molecular flexibility index (Phi) is 6.30. The van der Waals surface area contributed by atoms with E-state index < -0.39 is 0 Å². The first kappa shape index (κ1) is 20.1. The molecule has 1 aliphatic carbocycles. The van der Waals surface area contributed by atoms with Crippen LogP contribution in [0.5, 0.6) is 0 Å². The van der Waals surface area contributed by atoms with E-state index in [1.807, 2.05) is 0 Å².